The first kappa shape index (κ1) is 19.1. The molecule has 0 saturated carbocycles. The minimum atomic E-state index is -0.905. The van der Waals surface area contributed by atoms with Crippen LogP contribution in [0.3, 0.4) is 0 Å². The lowest BCUT2D eigenvalue weighted by Gasteiger charge is -2.32. The topological polar surface area (TPSA) is 82.8 Å². The van der Waals surface area contributed by atoms with E-state index in [1.165, 1.54) is 6.92 Å². The van der Waals surface area contributed by atoms with E-state index in [9.17, 15) is 14.7 Å². The van der Waals surface area contributed by atoms with Crippen LogP contribution in [0.2, 0.25) is 0 Å². The number of fused-ring (bicyclic) bond motifs is 1. The number of rotatable bonds is 7. The molecule has 0 fully saturated rings. The van der Waals surface area contributed by atoms with Gasteiger partial charge < -0.3 is 14.8 Å². The van der Waals surface area contributed by atoms with E-state index in [0.717, 1.165) is 0 Å². The Labute approximate surface area is 147 Å². The van der Waals surface area contributed by atoms with Crippen LogP contribution in [-0.4, -0.2) is 46.4 Å². The zero-order chi connectivity index (χ0) is 18.8. The van der Waals surface area contributed by atoms with E-state index in [1.807, 2.05) is 24.0 Å². The molecule has 1 atom stereocenters. The van der Waals surface area contributed by atoms with Gasteiger partial charge in [-0.05, 0) is 39.4 Å². The molecule has 1 heterocycles. The third-order valence-electron chi connectivity index (χ3n) is 4.09. The Morgan fingerprint density at radius 1 is 1.32 bits per heavy atom. The van der Waals surface area contributed by atoms with Gasteiger partial charge in [0.15, 0.2) is 11.5 Å². The van der Waals surface area contributed by atoms with Gasteiger partial charge in [-0.3, -0.25) is 14.5 Å². The van der Waals surface area contributed by atoms with E-state index in [1.54, 1.807) is 32.9 Å². The number of para-hydroxylation sites is 1. The van der Waals surface area contributed by atoms with Gasteiger partial charge in [-0.2, -0.15) is 0 Å². The Morgan fingerprint density at radius 3 is 2.52 bits per heavy atom. The Morgan fingerprint density at radius 2 is 1.96 bits per heavy atom. The maximum Gasteiger partial charge on any atom is 0.241 e. The van der Waals surface area contributed by atoms with Crippen LogP contribution < -0.4 is 5.32 Å². The predicted octanol–water partition coefficient (Wildman–Crippen LogP) is 3.06. The highest BCUT2D eigenvalue weighted by Gasteiger charge is 2.27. The fourth-order valence-electron chi connectivity index (χ4n) is 2.83. The van der Waals surface area contributed by atoms with Crippen molar-refractivity contribution in [1.82, 2.24) is 4.90 Å². The molecule has 0 bridgehead atoms. The average molecular weight is 346 g/mol. The summed E-state index contributed by atoms with van der Waals surface area (Å²) in [5, 5.41) is 13.6. The molecule has 1 amide bonds. The van der Waals surface area contributed by atoms with E-state index >= 15 is 0 Å². The third kappa shape index (κ3) is 4.46. The van der Waals surface area contributed by atoms with Crippen molar-refractivity contribution in [3.8, 4) is 0 Å². The highest BCUT2D eigenvalue weighted by atomic mass is 16.3. The fraction of sp³-hybridized carbons (Fsp3) is 0.474. The minimum Gasteiger partial charge on any atom is -0.451 e. The lowest BCUT2D eigenvalue weighted by Crippen LogP contribution is -2.48. The number of aliphatic hydroxyl groups is 1. The van der Waals surface area contributed by atoms with Gasteiger partial charge in [0, 0.05) is 18.9 Å². The zero-order valence-corrected chi connectivity index (χ0v) is 15.4. The van der Waals surface area contributed by atoms with Crippen LogP contribution in [0, 0.1) is 0 Å². The van der Waals surface area contributed by atoms with E-state index in [4.69, 9.17) is 4.42 Å². The number of carbonyl (C=O) groups excluding carboxylic acids is 2. The summed E-state index contributed by atoms with van der Waals surface area (Å²) in [6.45, 7) is 9.51. The maximum atomic E-state index is 12.7. The Bertz CT molecular complexity index is 773. The minimum absolute atomic E-state index is 0.146. The summed E-state index contributed by atoms with van der Waals surface area (Å²) in [6, 6.07) is 6.73. The van der Waals surface area contributed by atoms with Crippen LogP contribution in [0.5, 0.6) is 0 Å². The lowest BCUT2D eigenvalue weighted by molar-refractivity contribution is -0.121. The molecule has 6 heteroatoms. The second-order valence-electron chi connectivity index (χ2n) is 6.90. The van der Waals surface area contributed by atoms with E-state index < -0.39 is 11.6 Å². The molecular formula is C19H26N2O4. The maximum absolute atomic E-state index is 12.7. The molecule has 6 nitrogen and oxygen atoms in total. The van der Waals surface area contributed by atoms with Crippen molar-refractivity contribution in [2.45, 2.75) is 46.3 Å². The largest absolute Gasteiger partial charge is 0.451 e. The first-order valence-electron chi connectivity index (χ1n) is 8.43. The summed E-state index contributed by atoms with van der Waals surface area (Å²) >= 11 is 0. The number of ketones is 1. The van der Waals surface area contributed by atoms with Gasteiger partial charge in [0.2, 0.25) is 5.91 Å². The molecule has 0 aliphatic rings. The molecule has 0 saturated heterocycles. The second kappa shape index (κ2) is 7.37. The van der Waals surface area contributed by atoms with Crippen LogP contribution in [0.15, 0.2) is 28.7 Å². The summed E-state index contributed by atoms with van der Waals surface area (Å²) in [5.74, 6) is -0.351. The molecule has 0 spiro atoms. The molecule has 1 aromatic carbocycles. The van der Waals surface area contributed by atoms with Crippen molar-refractivity contribution in [3.63, 3.8) is 0 Å². The number of likely N-dealkylation sites (N-methyl/N-ethyl adjacent to an activating group) is 1. The van der Waals surface area contributed by atoms with Gasteiger partial charge in [-0.15, -0.1) is 0 Å². The molecule has 2 N–H and O–H groups in total. The standard InChI is InChI=1S/C19H26N2O4/c1-6-21(11-19(4,5)24)12(2)18(23)20-16-14-9-7-8-10-15(14)25-17(16)13(3)22/h7-10,12,24H,6,11H2,1-5H3,(H,20,23). The van der Waals surface area contributed by atoms with Crippen LogP contribution >= 0.6 is 0 Å². The fourth-order valence-corrected chi connectivity index (χ4v) is 2.83. The second-order valence-corrected chi connectivity index (χ2v) is 6.90. The third-order valence-corrected chi connectivity index (χ3v) is 4.09. The Hall–Kier alpha value is -2.18. The first-order valence-corrected chi connectivity index (χ1v) is 8.43. The van der Waals surface area contributed by atoms with Crippen molar-refractivity contribution in [1.29, 1.82) is 0 Å². The number of hydrogen-bond acceptors (Lipinski definition) is 5. The van der Waals surface area contributed by atoms with E-state index in [-0.39, 0.29) is 17.5 Å². The van der Waals surface area contributed by atoms with Crippen LogP contribution in [0.1, 0.15) is 45.2 Å². The van der Waals surface area contributed by atoms with E-state index in [0.29, 0.717) is 29.7 Å². The van der Waals surface area contributed by atoms with Gasteiger partial charge in [0.25, 0.3) is 0 Å². The normalized spacial score (nSPS) is 13.2. The van der Waals surface area contributed by atoms with Gasteiger partial charge in [-0.25, -0.2) is 0 Å². The molecular weight excluding hydrogens is 320 g/mol. The molecule has 2 aromatic rings. The zero-order valence-electron chi connectivity index (χ0n) is 15.4. The molecule has 1 aromatic heterocycles. The van der Waals surface area contributed by atoms with Gasteiger partial charge in [0.05, 0.1) is 17.3 Å². The van der Waals surface area contributed by atoms with Crippen molar-refractivity contribution < 1.29 is 19.1 Å². The molecule has 2 rings (SSSR count). The number of nitrogens with one attached hydrogen (secondary N) is 1. The first-order chi connectivity index (χ1) is 11.6. The SMILES string of the molecule is CCN(CC(C)(C)O)C(C)C(=O)Nc1c(C(C)=O)oc2ccccc12. The number of furan rings is 1. The highest BCUT2D eigenvalue weighted by molar-refractivity contribution is 6.11. The van der Waals surface area contributed by atoms with Crippen molar-refractivity contribution >= 4 is 28.3 Å². The number of benzene rings is 1. The lowest BCUT2D eigenvalue weighted by atomic mass is 10.1. The summed E-state index contributed by atoms with van der Waals surface area (Å²) in [7, 11) is 0. The van der Waals surface area contributed by atoms with Gasteiger partial charge >= 0.3 is 0 Å². The predicted molar refractivity (Wildman–Crippen MR) is 97.9 cm³/mol. The molecule has 0 aliphatic heterocycles. The Kier molecular flexibility index (Phi) is 5.65. The molecule has 136 valence electrons. The van der Waals surface area contributed by atoms with Crippen LogP contribution in [0.4, 0.5) is 5.69 Å². The number of anilines is 1. The average Bonchev–Trinajstić information content (AvgIpc) is 2.90. The van der Waals surface area contributed by atoms with Crippen LogP contribution in [0.25, 0.3) is 11.0 Å². The van der Waals surface area contributed by atoms with Crippen molar-refractivity contribution in [3.05, 3.63) is 30.0 Å². The monoisotopic (exact) mass is 346 g/mol. The molecule has 0 aliphatic carbocycles. The summed E-state index contributed by atoms with van der Waals surface area (Å²) in [4.78, 5) is 26.5. The summed E-state index contributed by atoms with van der Waals surface area (Å²) < 4.78 is 5.59. The van der Waals surface area contributed by atoms with E-state index in [2.05, 4.69) is 5.32 Å². The Balaban J connectivity index is 2.29. The number of carbonyl (C=O) groups is 2. The molecule has 1 unspecified atom stereocenters. The van der Waals surface area contributed by atoms with Gasteiger partial charge in [-0.1, -0.05) is 19.1 Å². The van der Waals surface area contributed by atoms with Gasteiger partial charge in [0.1, 0.15) is 5.58 Å². The highest BCUT2D eigenvalue weighted by Crippen LogP contribution is 2.31. The number of Topliss-reactive ketones (excluding diaryl/α,β-unsaturated/α-hetero) is 1. The number of nitrogens with zero attached hydrogens (tertiary/aromatic N) is 1. The van der Waals surface area contributed by atoms with Crippen molar-refractivity contribution in [2.24, 2.45) is 0 Å². The molecule has 0 radical (unpaired) electrons. The number of hydrogen-bond donors (Lipinski definition) is 2. The summed E-state index contributed by atoms with van der Waals surface area (Å²) in [5.41, 5.74) is 0.0519. The van der Waals surface area contributed by atoms with Crippen molar-refractivity contribution in [2.75, 3.05) is 18.4 Å². The molecule has 25 heavy (non-hydrogen) atoms. The van der Waals surface area contributed by atoms with Crippen LogP contribution in [-0.2, 0) is 4.79 Å². The summed E-state index contributed by atoms with van der Waals surface area (Å²) in [6.07, 6.45) is 0. The number of amides is 1. The quantitative estimate of drug-likeness (QED) is 0.753. The smallest absolute Gasteiger partial charge is 0.241 e.